The average molecular weight is 988 g/mol. The smallest absolute Gasteiger partial charge is 0.312 e. The van der Waals surface area contributed by atoms with Gasteiger partial charge < -0.3 is 25.0 Å². The quantitative estimate of drug-likeness (QED) is 0.0574. The number of carbonyl (C=O) groups is 1. The van der Waals surface area contributed by atoms with E-state index in [4.69, 9.17) is 4.74 Å². The van der Waals surface area contributed by atoms with Crippen LogP contribution in [0.15, 0.2) is 78.1 Å². The van der Waals surface area contributed by atoms with Crippen LogP contribution in [0.1, 0.15) is 106 Å². The van der Waals surface area contributed by atoms with Crippen LogP contribution in [0, 0.1) is 27.3 Å². The van der Waals surface area contributed by atoms with Crippen LogP contribution in [0.25, 0.3) is 11.0 Å². The molecule has 16 nitrogen and oxygen atoms in total. The maximum Gasteiger partial charge on any atom is 0.312 e. The number of nitro groups is 1. The van der Waals surface area contributed by atoms with E-state index in [1.54, 1.807) is 19.1 Å². The molecule has 4 fully saturated rings. The summed E-state index contributed by atoms with van der Waals surface area (Å²) in [6.07, 6.45) is 7.42. The second-order valence-electron chi connectivity index (χ2n) is 20.3. The van der Waals surface area contributed by atoms with Crippen LogP contribution in [-0.2, 0) is 10.0 Å². The molecule has 1 atom stereocenters. The molecule has 0 unspecified atom stereocenters. The first-order valence-corrected chi connectivity index (χ1v) is 25.6. The van der Waals surface area contributed by atoms with Gasteiger partial charge in [-0.2, -0.15) is 0 Å². The Hall–Kier alpha value is -5.83. The van der Waals surface area contributed by atoms with Gasteiger partial charge >= 0.3 is 5.69 Å². The number of alkyl halides is 2. The number of fused-ring (bicyclic) bond motifs is 1. The van der Waals surface area contributed by atoms with E-state index < -0.39 is 49.3 Å². The number of sulfonamides is 1. The van der Waals surface area contributed by atoms with Crippen LogP contribution in [0.2, 0.25) is 0 Å². The number of H-pyrrole nitrogens is 1. The Morgan fingerprint density at radius 2 is 1.76 bits per heavy atom. The first-order chi connectivity index (χ1) is 33.4. The molecule has 2 aromatic carbocycles. The number of rotatable bonds is 15. The molecule has 2 saturated carbocycles. The van der Waals surface area contributed by atoms with Crippen molar-refractivity contribution in [2.24, 2.45) is 11.3 Å². The molecule has 0 bridgehead atoms. The van der Waals surface area contributed by atoms with Gasteiger partial charge in [-0.05, 0) is 105 Å². The highest BCUT2D eigenvalue weighted by molar-refractivity contribution is 7.90. The fourth-order valence-corrected chi connectivity index (χ4v) is 12.0. The van der Waals surface area contributed by atoms with Gasteiger partial charge in [0, 0.05) is 75.4 Å². The summed E-state index contributed by atoms with van der Waals surface area (Å²) in [6, 6.07) is 15.8. The van der Waals surface area contributed by atoms with Crippen LogP contribution >= 0.6 is 0 Å². The zero-order chi connectivity index (χ0) is 49.5. The molecule has 3 aromatic heterocycles. The summed E-state index contributed by atoms with van der Waals surface area (Å²) in [7, 11) is -4.72. The summed E-state index contributed by atoms with van der Waals surface area (Å²) >= 11 is 0. The number of nitrogens with zero attached hydrogens (tertiary/aromatic N) is 6. The number of anilines is 2. The molecule has 374 valence electrons. The molecule has 0 radical (unpaired) electrons. The normalized spacial score (nSPS) is 22.4. The molecule has 2 aliphatic carbocycles. The number of pyridine rings is 2. The molecule has 20 heteroatoms. The number of halogens is 3. The van der Waals surface area contributed by atoms with Crippen molar-refractivity contribution < 1.29 is 41.2 Å². The summed E-state index contributed by atoms with van der Waals surface area (Å²) in [4.78, 5) is 42.5. The number of carbonyl (C=O) groups excluding carboxylic acids is 1. The van der Waals surface area contributed by atoms with Crippen molar-refractivity contribution in [2.75, 3.05) is 56.0 Å². The van der Waals surface area contributed by atoms with E-state index in [0.29, 0.717) is 82.6 Å². The third-order valence-electron chi connectivity index (χ3n) is 15.1. The highest BCUT2D eigenvalue weighted by Gasteiger charge is 2.50. The largest absolute Gasteiger partial charge is 0.455 e. The van der Waals surface area contributed by atoms with Crippen LogP contribution in [0.3, 0.4) is 0 Å². The first-order valence-electron chi connectivity index (χ1n) is 24.1. The van der Waals surface area contributed by atoms with Gasteiger partial charge in [-0.1, -0.05) is 38.1 Å². The number of benzene rings is 2. The molecule has 2 aliphatic heterocycles. The van der Waals surface area contributed by atoms with Gasteiger partial charge in [0.05, 0.1) is 40.4 Å². The molecule has 1 amide bonds. The molecule has 2 saturated heterocycles. The number of nitrogens with one attached hydrogen (secondary N) is 3. The minimum Gasteiger partial charge on any atom is -0.455 e. The van der Waals surface area contributed by atoms with Crippen LogP contribution in [0.5, 0.6) is 11.5 Å². The van der Waals surface area contributed by atoms with Crippen LogP contribution < -0.4 is 19.7 Å². The van der Waals surface area contributed by atoms with E-state index in [0.717, 1.165) is 44.1 Å². The summed E-state index contributed by atoms with van der Waals surface area (Å²) in [5.41, 5.74) is 2.03. The maximum absolute atomic E-state index is 14.7. The predicted octanol–water partition coefficient (Wildman–Crippen LogP) is 8.77. The lowest BCUT2D eigenvalue weighted by molar-refractivity contribution is -0.384. The number of piperidine rings is 1. The number of amides is 1. The topological polar surface area (TPSA) is 199 Å². The zero-order valence-corrected chi connectivity index (χ0v) is 40.4. The van der Waals surface area contributed by atoms with E-state index in [2.05, 4.69) is 56.0 Å². The maximum atomic E-state index is 14.7. The SMILES string of the molecule is CC(C)c1ccccc1[C@@H]1CN(CC(F)F)CCN1C1CC2(CCN(c3ccc(C(=O)NS(=O)(=O)c4cnc(NCC5CCC(C)(O)CC5)c([N+](=O)[O-])c4)c(Oc4cnc5[nH]cc(F)c5c4)c3)CC2)C1. The molecule has 9 rings (SSSR count). The zero-order valence-electron chi connectivity index (χ0n) is 39.5. The molecule has 5 heterocycles. The lowest BCUT2D eigenvalue weighted by Crippen LogP contribution is -2.60. The lowest BCUT2D eigenvalue weighted by atomic mass is 9.59. The van der Waals surface area contributed by atoms with Gasteiger partial charge in [-0.3, -0.25) is 24.7 Å². The Bertz CT molecular complexity index is 2840. The number of piperazine rings is 1. The van der Waals surface area contributed by atoms with Gasteiger partial charge in [0.25, 0.3) is 22.4 Å². The van der Waals surface area contributed by atoms with Gasteiger partial charge in [0.2, 0.25) is 5.82 Å². The highest BCUT2D eigenvalue weighted by atomic mass is 32.2. The summed E-state index contributed by atoms with van der Waals surface area (Å²) in [5.74, 6) is -1.29. The van der Waals surface area contributed by atoms with Gasteiger partial charge in [-0.25, -0.2) is 36.3 Å². The number of hydrogen-bond acceptors (Lipinski definition) is 13. The van der Waals surface area contributed by atoms with Crippen molar-refractivity contribution in [3.63, 3.8) is 0 Å². The Morgan fingerprint density at radius 1 is 1.01 bits per heavy atom. The van der Waals surface area contributed by atoms with Gasteiger partial charge in [0.15, 0.2) is 0 Å². The monoisotopic (exact) mass is 987 g/mol. The lowest BCUT2D eigenvalue weighted by Gasteiger charge is -2.58. The van der Waals surface area contributed by atoms with Crippen LogP contribution in [0.4, 0.5) is 30.4 Å². The fourth-order valence-electron chi connectivity index (χ4n) is 11.0. The molecule has 4 aliphatic rings. The minimum absolute atomic E-state index is 0.0120. The Labute approximate surface area is 405 Å². The Kier molecular flexibility index (Phi) is 13.9. The minimum atomic E-state index is -4.72. The number of ether oxygens (including phenoxy) is 1. The molecule has 1 spiro atoms. The molecule has 5 aromatic rings. The van der Waals surface area contributed by atoms with Gasteiger partial charge in [-0.15, -0.1) is 0 Å². The Balaban J connectivity index is 0.906. The van der Waals surface area contributed by atoms with E-state index in [9.17, 15) is 41.6 Å². The average Bonchev–Trinajstić information content (AvgIpc) is 3.69. The number of aromatic amines is 1. The highest BCUT2D eigenvalue weighted by Crippen LogP contribution is 2.53. The fraction of sp³-hybridized carbons (Fsp3) is 0.500. The molecular weight excluding hydrogens is 928 g/mol. The predicted molar refractivity (Wildman–Crippen MR) is 259 cm³/mol. The third kappa shape index (κ3) is 10.6. The standard InChI is InChI=1S/C50H60F3N9O7S/c1-31(2)37-6-4-5-7-38(37)43-29-59(30-45(52)53)18-19-61(43)34-23-50(24-34)14-16-60(17-15-50)33-8-9-39(44(20-33)69-35-21-40-41(51)28-57-46(40)55-26-35)48(63)58-70(67,68)36-22-42(62(65)66)47(56-27-36)54-25-32-10-12-49(3,64)13-11-32/h4-9,20-22,26-28,31-32,34,43,45,64H,10-19,23-25,29-30H2,1-3H3,(H,54,56)(H,55,57)(H,58,63)/t32?,43-,49?/m0/s1. The third-order valence-corrected chi connectivity index (χ3v) is 16.4. The summed E-state index contributed by atoms with van der Waals surface area (Å²) < 4.78 is 77.6. The molecule has 4 N–H and O–H groups in total. The van der Waals surface area contributed by atoms with Gasteiger partial charge in [0.1, 0.15) is 27.9 Å². The Morgan fingerprint density at radius 3 is 2.47 bits per heavy atom. The van der Waals surface area contributed by atoms with Crippen molar-refractivity contribution in [3.05, 3.63) is 106 Å². The van der Waals surface area contributed by atoms with Crippen LogP contribution in [-0.4, -0.2) is 113 Å². The molecule has 70 heavy (non-hydrogen) atoms. The second kappa shape index (κ2) is 19.8. The number of aliphatic hydroxyl groups is 1. The summed E-state index contributed by atoms with van der Waals surface area (Å²) in [6.45, 7) is 9.45. The van der Waals surface area contributed by atoms with Crippen molar-refractivity contribution in [2.45, 2.75) is 107 Å². The number of aromatic nitrogens is 3. The summed E-state index contributed by atoms with van der Waals surface area (Å²) in [5, 5.41) is 25.6. The van der Waals surface area contributed by atoms with Crippen molar-refractivity contribution in [1.82, 2.24) is 29.5 Å². The van der Waals surface area contributed by atoms with E-state index in [1.807, 2.05) is 21.8 Å². The van der Waals surface area contributed by atoms with Crippen molar-refractivity contribution in [3.8, 4) is 11.5 Å². The van der Waals surface area contributed by atoms with E-state index in [1.165, 1.54) is 29.5 Å². The number of hydrogen-bond donors (Lipinski definition) is 4. The van der Waals surface area contributed by atoms with Crippen molar-refractivity contribution in [1.29, 1.82) is 0 Å². The van der Waals surface area contributed by atoms with E-state index in [-0.39, 0.29) is 57.8 Å². The second-order valence-corrected chi connectivity index (χ2v) is 22.0. The van der Waals surface area contributed by atoms with Crippen molar-refractivity contribution >= 4 is 44.2 Å². The van der Waals surface area contributed by atoms with E-state index >= 15 is 0 Å². The first kappa shape index (κ1) is 49.2. The molecular formula is C50H60F3N9O7S.